The third-order valence-corrected chi connectivity index (χ3v) is 7.66. The lowest BCUT2D eigenvalue weighted by molar-refractivity contribution is 0.122. The number of rotatable bonds is 1. The van der Waals surface area contributed by atoms with E-state index < -0.39 is 10.0 Å². The number of amides is 2. The molecule has 2 aromatic carbocycles. The molecule has 0 aliphatic carbocycles. The first-order valence-electron chi connectivity index (χ1n) is 9.73. The van der Waals surface area contributed by atoms with E-state index in [1.807, 2.05) is 31.2 Å². The minimum atomic E-state index is -3.65. The number of para-hydroxylation sites is 2. The molecule has 1 saturated heterocycles. The summed E-state index contributed by atoms with van der Waals surface area (Å²) < 4.78 is 33.6. The predicted octanol–water partition coefficient (Wildman–Crippen LogP) is 3.07. The average molecular weight is 416 g/mol. The third-order valence-electron chi connectivity index (χ3n) is 5.73. The molecule has 0 aromatic heterocycles. The second-order valence-electron chi connectivity index (χ2n) is 7.50. The molecule has 154 valence electrons. The van der Waals surface area contributed by atoms with Gasteiger partial charge in [0.05, 0.1) is 6.04 Å². The van der Waals surface area contributed by atoms with Crippen molar-refractivity contribution in [1.82, 2.24) is 9.21 Å². The van der Waals surface area contributed by atoms with Crippen molar-refractivity contribution in [3.8, 4) is 5.75 Å². The number of hydrogen-bond donors (Lipinski definition) is 1. The van der Waals surface area contributed by atoms with Crippen molar-refractivity contribution in [3.05, 3.63) is 54.1 Å². The van der Waals surface area contributed by atoms with Crippen molar-refractivity contribution < 1.29 is 17.9 Å². The van der Waals surface area contributed by atoms with Gasteiger partial charge in [0.2, 0.25) is 10.0 Å². The van der Waals surface area contributed by atoms with Crippen molar-refractivity contribution in [3.63, 3.8) is 0 Å². The number of aryl methyl sites for hydroxylation is 1. The number of nitrogens with one attached hydrogen (secondary N) is 1. The zero-order valence-corrected chi connectivity index (χ0v) is 17.4. The maximum absolute atomic E-state index is 13.0. The van der Waals surface area contributed by atoms with Crippen LogP contribution in [-0.2, 0) is 10.0 Å². The first-order chi connectivity index (χ1) is 13.9. The Bertz CT molecular complexity index is 1020. The van der Waals surface area contributed by atoms with Crippen molar-refractivity contribution in [2.75, 3.05) is 25.5 Å². The summed E-state index contributed by atoms with van der Waals surface area (Å²) in [4.78, 5) is 14.7. The van der Waals surface area contributed by atoms with E-state index in [-0.39, 0.29) is 23.1 Å². The molecule has 2 aromatic rings. The van der Waals surface area contributed by atoms with Crippen LogP contribution in [0.15, 0.2) is 53.4 Å². The lowest BCUT2D eigenvalue weighted by atomic mass is 10.1. The van der Waals surface area contributed by atoms with Gasteiger partial charge in [-0.3, -0.25) is 0 Å². The summed E-state index contributed by atoms with van der Waals surface area (Å²) in [6.07, 6.45) is 0.755. The van der Waals surface area contributed by atoms with Gasteiger partial charge >= 0.3 is 6.03 Å². The maximum Gasteiger partial charge on any atom is 0.321 e. The van der Waals surface area contributed by atoms with Gasteiger partial charge in [-0.2, -0.15) is 4.31 Å². The van der Waals surface area contributed by atoms with Crippen LogP contribution < -0.4 is 10.1 Å². The first-order valence-corrected chi connectivity index (χ1v) is 11.2. The van der Waals surface area contributed by atoms with Crippen LogP contribution in [-0.4, -0.2) is 55.9 Å². The van der Waals surface area contributed by atoms with Gasteiger partial charge in [-0.05, 0) is 37.1 Å². The van der Waals surface area contributed by atoms with Gasteiger partial charge in [-0.1, -0.05) is 30.3 Å². The number of nitrogens with zero attached hydrogens (tertiary/aromatic N) is 2. The topological polar surface area (TPSA) is 79.0 Å². The number of hydrogen-bond acceptors (Lipinski definition) is 4. The molecule has 0 bridgehead atoms. The molecule has 1 fully saturated rings. The number of carbonyl (C=O) groups is 1. The summed E-state index contributed by atoms with van der Waals surface area (Å²) in [7, 11) is -2.05. The number of anilines is 1. The monoisotopic (exact) mass is 415 g/mol. The second-order valence-corrected chi connectivity index (χ2v) is 9.47. The summed E-state index contributed by atoms with van der Waals surface area (Å²) in [6.45, 7) is 2.90. The van der Waals surface area contributed by atoms with Gasteiger partial charge in [0.1, 0.15) is 16.7 Å². The fourth-order valence-corrected chi connectivity index (χ4v) is 5.51. The molecule has 29 heavy (non-hydrogen) atoms. The lowest BCUT2D eigenvalue weighted by Gasteiger charge is -2.28. The highest BCUT2D eigenvalue weighted by molar-refractivity contribution is 7.89. The molecule has 4 rings (SSSR count). The van der Waals surface area contributed by atoms with E-state index in [0.29, 0.717) is 31.7 Å². The van der Waals surface area contributed by atoms with Gasteiger partial charge in [-0.15, -0.1) is 0 Å². The number of urea groups is 1. The Morgan fingerprint density at radius 1 is 1.07 bits per heavy atom. The number of benzene rings is 2. The Hall–Kier alpha value is -2.58. The van der Waals surface area contributed by atoms with Crippen molar-refractivity contribution in [2.45, 2.75) is 36.8 Å². The standard InChI is InChI=1S/C21H25N3O4S/c1-15-7-3-4-8-16(15)22-21(25)24-13-11-17-18(12-14-24)28-19-9-5-6-10-20(19)29(26,27)23(17)2/h3-10,17-18H,11-14H2,1-2H3,(H,22,25)/t17-,18+/m1/s1. The highest BCUT2D eigenvalue weighted by Crippen LogP contribution is 2.35. The molecule has 8 heteroatoms. The van der Waals surface area contributed by atoms with Crippen molar-refractivity contribution in [1.29, 1.82) is 0 Å². The summed E-state index contributed by atoms with van der Waals surface area (Å²) >= 11 is 0. The molecule has 0 radical (unpaired) electrons. The van der Waals surface area contributed by atoms with Gasteiger partial charge in [-0.25, -0.2) is 13.2 Å². The normalized spacial score (nSPS) is 23.7. The second kappa shape index (κ2) is 7.68. The minimum absolute atomic E-state index is 0.179. The van der Waals surface area contributed by atoms with Gasteiger partial charge in [0.15, 0.2) is 0 Å². The molecule has 7 nitrogen and oxygen atoms in total. The Labute approximate surface area is 171 Å². The Morgan fingerprint density at radius 2 is 1.76 bits per heavy atom. The number of sulfonamides is 1. The van der Waals surface area contributed by atoms with Gasteiger partial charge in [0, 0.05) is 32.2 Å². The van der Waals surface area contributed by atoms with Gasteiger partial charge < -0.3 is 15.0 Å². The molecule has 2 aliphatic rings. The molecular weight excluding hydrogens is 390 g/mol. The quantitative estimate of drug-likeness (QED) is 0.776. The lowest BCUT2D eigenvalue weighted by Crippen LogP contribution is -2.44. The number of likely N-dealkylation sites (N-methyl/N-ethyl adjacent to an activating group) is 1. The van der Waals surface area contributed by atoms with Crippen LogP contribution in [0.3, 0.4) is 0 Å². The summed E-state index contributed by atoms with van der Waals surface area (Å²) in [5, 5.41) is 2.96. The zero-order chi connectivity index (χ0) is 20.6. The van der Waals surface area contributed by atoms with E-state index in [1.54, 1.807) is 36.2 Å². The van der Waals surface area contributed by atoms with Crippen LogP contribution in [0.25, 0.3) is 0 Å². The summed E-state index contributed by atoms with van der Waals surface area (Å²) in [6, 6.07) is 13.9. The van der Waals surface area contributed by atoms with Crippen LogP contribution in [0.4, 0.5) is 10.5 Å². The Balaban J connectivity index is 1.54. The molecule has 0 saturated carbocycles. The largest absolute Gasteiger partial charge is 0.487 e. The fraction of sp³-hybridized carbons (Fsp3) is 0.381. The predicted molar refractivity (Wildman–Crippen MR) is 111 cm³/mol. The van der Waals surface area contributed by atoms with Crippen LogP contribution in [0.5, 0.6) is 5.75 Å². The van der Waals surface area contributed by atoms with Crippen molar-refractivity contribution >= 4 is 21.7 Å². The van der Waals surface area contributed by atoms with E-state index in [0.717, 1.165) is 11.3 Å². The van der Waals surface area contributed by atoms with Crippen molar-refractivity contribution in [2.24, 2.45) is 0 Å². The Morgan fingerprint density at radius 3 is 2.55 bits per heavy atom. The van der Waals surface area contributed by atoms with Crippen LogP contribution in [0.1, 0.15) is 18.4 Å². The fourth-order valence-electron chi connectivity index (χ4n) is 3.98. The molecule has 2 amide bonds. The van der Waals surface area contributed by atoms with Crippen LogP contribution in [0, 0.1) is 6.92 Å². The van der Waals surface area contributed by atoms with E-state index in [1.165, 1.54) is 4.31 Å². The number of fused-ring (bicyclic) bond motifs is 2. The van der Waals surface area contributed by atoms with E-state index in [9.17, 15) is 13.2 Å². The average Bonchev–Trinajstić information content (AvgIpc) is 2.95. The molecule has 2 atom stereocenters. The molecule has 2 aliphatic heterocycles. The maximum atomic E-state index is 13.0. The molecule has 0 spiro atoms. The van der Waals surface area contributed by atoms with E-state index >= 15 is 0 Å². The van der Waals surface area contributed by atoms with Crippen LogP contribution >= 0.6 is 0 Å². The number of likely N-dealkylation sites (tertiary alicyclic amines) is 1. The summed E-state index contributed by atoms with van der Waals surface area (Å²) in [5.41, 5.74) is 1.77. The highest BCUT2D eigenvalue weighted by atomic mass is 32.2. The van der Waals surface area contributed by atoms with Gasteiger partial charge in [0.25, 0.3) is 0 Å². The van der Waals surface area contributed by atoms with E-state index in [2.05, 4.69) is 5.32 Å². The third kappa shape index (κ3) is 3.70. The minimum Gasteiger partial charge on any atom is -0.487 e. The number of carbonyl (C=O) groups excluding carboxylic acids is 1. The molecule has 2 heterocycles. The molecular formula is C21H25N3O4S. The smallest absolute Gasteiger partial charge is 0.321 e. The first kappa shape index (κ1) is 19.7. The van der Waals surface area contributed by atoms with Crippen LogP contribution in [0.2, 0.25) is 0 Å². The number of ether oxygens (including phenoxy) is 1. The molecule has 1 N–H and O–H groups in total. The zero-order valence-electron chi connectivity index (χ0n) is 16.5. The Kier molecular flexibility index (Phi) is 5.23. The summed E-state index contributed by atoms with van der Waals surface area (Å²) in [5.74, 6) is 0.379. The highest BCUT2D eigenvalue weighted by Gasteiger charge is 2.41. The van der Waals surface area contributed by atoms with E-state index in [4.69, 9.17) is 4.74 Å². The molecule has 0 unspecified atom stereocenters. The SMILES string of the molecule is Cc1ccccc1NC(=O)N1CC[C@@H]2Oc3ccccc3S(=O)(=O)N(C)[C@@H]2CC1.